The normalized spacial score (nSPS) is 22.0. The third kappa shape index (κ3) is 5.70. The molecule has 0 aromatic heterocycles. The molecule has 1 amide bonds. The van der Waals surface area contributed by atoms with E-state index in [0.29, 0.717) is 0 Å². The van der Waals surface area contributed by atoms with Gasteiger partial charge in [-0.2, -0.15) is 0 Å². The van der Waals surface area contributed by atoms with Crippen molar-refractivity contribution in [3.63, 3.8) is 0 Å². The van der Waals surface area contributed by atoms with E-state index >= 15 is 0 Å². The fourth-order valence-corrected chi connectivity index (χ4v) is 4.05. The number of carbonyl (C=O) groups is 1. The lowest BCUT2D eigenvalue weighted by Gasteiger charge is -2.31. The van der Waals surface area contributed by atoms with Crippen molar-refractivity contribution in [1.29, 1.82) is 0 Å². The zero-order chi connectivity index (χ0) is 16.1. The number of thioether (sulfide) groups is 1. The summed E-state index contributed by atoms with van der Waals surface area (Å²) in [6.45, 7) is 3.96. The van der Waals surface area contributed by atoms with E-state index in [9.17, 15) is 4.79 Å². The van der Waals surface area contributed by atoms with Crippen LogP contribution in [-0.2, 0) is 4.79 Å². The first-order valence-corrected chi connectivity index (χ1v) is 9.95. The molecule has 0 spiro atoms. The summed E-state index contributed by atoms with van der Waals surface area (Å²) in [7, 11) is 0. The minimum Gasteiger partial charge on any atom is -0.356 e. The maximum absolute atomic E-state index is 12.2. The van der Waals surface area contributed by atoms with Crippen LogP contribution in [0.15, 0.2) is 29.2 Å². The van der Waals surface area contributed by atoms with Crippen LogP contribution in [0.5, 0.6) is 0 Å². The van der Waals surface area contributed by atoms with E-state index in [-0.39, 0.29) is 11.8 Å². The van der Waals surface area contributed by atoms with Gasteiger partial charge in [0, 0.05) is 35.3 Å². The molecular weight excluding hydrogens is 328 g/mol. The molecule has 3 nitrogen and oxygen atoms in total. The van der Waals surface area contributed by atoms with Gasteiger partial charge in [0.25, 0.3) is 0 Å². The van der Waals surface area contributed by atoms with Gasteiger partial charge in [0.15, 0.2) is 0 Å². The summed E-state index contributed by atoms with van der Waals surface area (Å²) >= 11 is 7.76. The van der Waals surface area contributed by atoms with Crippen LogP contribution in [0.2, 0.25) is 5.02 Å². The van der Waals surface area contributed by atoms with Crippen LogP contribution < -0.4 is 5.32 Å². The highest BCUT2D eigenvalue weighted by molar-refractivity contribution is 7.99. The van der Waals surface area contributed by atoms with Crippen LogP contribution in [0.3, 0.4) is 0 Å². The highest BCUT2D eigenvalue weighted by atomic mass is 35.5. The standard InChI is InChI=1S/C18H25ClN2OS/c19-16-5-7-17(8-6-16)23-11-10-21-9-1-2-15(13-21)18(22)20-12-14-3-4-14/h5-8,14-15H,1-4,9-13H2,(H,20,22). The summed E-state index contributed by atoms with van der Waals surface area (Å²) in [5.74, 6) is 2.27. The van der Waals surface area contributed by atoms with Gasteiger partial charge in [-0.15, -0.1) is 11.8 Å². The average molecular weight is 353 g/mol. The second-order valence-corrected chi connectivity index (χ2v) is 8.24. The van der Waals surface area contributed by atoms with Crippen molar-refractivity contribution < 1.29 is 4.79 Å². The Morgan fingerprint density at radius 1 is 1.26 bits per heavy atom. The molecule has 2 aliphatic rings. The first kappa shape index (κ1) is 17.1. The molecule has 1 saturated heterocycles. The number of nitrogens with one attached hydrogen (secondary N) is 1. The van der Waals surface area contributed by atoms with Gasteiger partial charge in [0.05, 0.1) is 5.92 Å². The van der Waals surface area contributed by atoms with Crippen LogP contribution in [-0.4, -0.2) is 42.7 Å². The van der Waals surface area contributed by atoms with E-state index in [1.807, 2.05) is 23.9 Å². The summed E-state index contributed by atoms with van der Waals surface area (Å²) in [5, 5.41) is 3.92. The molecule has 0 radical (unpaired) electrons. The van der Waals surface area contributed by atoms with Gasteiger partial charge in [-0.25, -0.2) is 0 Å². The van der Waals surface area contributed by atoms with Crippen LogP contribution in [0.1, 0.15) is 25.7 Å². The number of piperidine rings is 1. The first-order chi connectivity index (χ1) is 11.2. The number of carbonyl (C=O) groups excluding carboxylic acids is 1. The summed E-state index contributed by atoms with van der Waals surface area (Å²) < 4.78 is 0. The monoisotopic (exact) mass is 352 g/mol. The van der Waals surface area contributed by atoms with Gasteiger partial charge in [-0.05, 0) is 62.4 Å². The van der Waals surface area contributed by atoms with Crippen LogP contribution in [0.25, 0.3) is 0 Å². The van der Waals surface area contributed by atoms with Crippen molar-refractivity contribution in [2.24, 2.45) is 11.8 Å². The largest absolute Gasteiger partial charge is 0.356 e. The number of likely N-dealkylation sites (tertiary alicyclic amines) is 1. The first-order valence-electron chi connectivity index (χ1n) is 8.59. The number of amides is 1. The fourth-order valence-electron chi connectivity index (χ4n) is 3.01. The van der Waals surface area contributed by atoms with Crippen molar-refractivity contribution in [1.82, 2.24) is 10.2 Å². The molecule has 1 aromatic rings. The Kier molecular flexibility index (Phi) is 6.26. The lowest BCUT2D eigenvalue weighted by Crippen LogP contribution is -2.44. The Morgan fingerprint density at radius 2 is 2.04 bits per heavy atom. The van der Waals surface area contributed by atoms with Crippen LogP contribution >= 0.6 is 23.4 Å². The van der Waals surface area contributed by atoms with Gasteiger partial charge in [-0.1, -0.05) is 11.6 Å². The third-order valence-corrected chi connectivity index (χ3v) is 5.87. The smallest absolute Gasteiger partial charge is 0.224 e. The van der Waals surface area contributed by atoms with Gasteiger partial charge in [0.2, 0.25) is 5.91 Å². The minimum absolute atomic E-state index is 0.183. The number of nitrogens with zero attached hydrogens (tertiary/aromatic N) is 1. The predicted octanol–water partition coefficient (Wildman–Crippen LogP) is 3.67. The Hall–Kier alpha value is -0.710. The molecule has 23 heavy (non-hydrogen) atoms. The highest BCUT2D eigenvalue weighted by Gasteiger charge is 2.27. The fraction of sp³-hybridized carbons (Fsp3) is 0.611. The van der Waals surface area contributed by atoms with Crippen LogP contribution in [0.4, 0.5) is 0 Å². The maximum Gasteiger partial charge on any atom is 0.224 e. The van der Waals surface area contributed by atoms with Crippen molar-refractivity contribution in [3.8, 4) is 0 Å². The topological polar surface area (TPSA) is 32.3 Å². The molecular formula is C18H25ClN2OS. The number of hydrogen-bond acceptors (Lipinski definition) is 3. The zero-order valence-corrected chi connectivity index (χ0v) is 15.0. The van der Waals surface area contributed by atoms with E-state index in [2.05, 4.69) is 22.3 Å². The molecule has 2 fully saturated rings. The Labute approximate surface area is 148 Å². The number of benzene rings is 1. The lowest BCUT2D eigenvalue weighted by molar-refractivity contribution is -0.126. The molecule has 3 rings (SSSR count). The molecule has 1 N–H and O–H groups in total. The van der Waals surface area contributed by atoms with Crippen LogP contribution in [0, 0.1) is 11.8 Å². The number of halogens is 1. The maximum atomic E-state index is 12.2. The molecule has 1 aliphatic carbocycles. The quantitative estimate of drug-likeness (QED) is 0.760. The molecule has 5 heteroatoms. The minimum atomic E-state index is 0.183. The van der Waals surface area contributed by atoms with E-state index in [1.54, 1.807) is 0 Å². The highest BCUT2D eigenvalue weighted by Crippen LogP contribution is 2.28. The summed E-state index contributed by atoms with van der Waals surface area (Å²) in [6.07, 6.45) is 4.75. The number of rotatable bonds is 7. The van der Waals surface area contributed by atoms with E-state index in [4.69, 9.17) is 11.6 Å². The Morgan fingerprint density at radius 3 is 2.78 bits per heavy atom. The van der Waals surface area contributed by atoms with Crippen molar-refractivity contribution >= 4 is 29.3 Å². The summed E-state index contributed by atoms with van der Waals surface area (Å²) in [6, 6.07) is 8.00. The van der Waals surface area contributed by atoms with E-state index in [1.165, 1.54) is 17.7 Å². The van der Waals surface area contributed by atoms with Gasteiger partial charge in [-0.3, -0.25) is 4.79 Å². The van der Waals surface area contributed by atoms with Gasteiger partial charge < -0.3 is 10.2 Å². The molecule has 1 atom stereocenters. The summed E-state index contributed by atoms with van der Waals surface area (Å²) in [5.41, 5.74) is 0. The Bertz CT molecular complexity index is 518. The second kappa shape index (κ2) is 8.41. The molecule has 1 saturated carbocycles. The van der Waals surface area contributed by atoms with E-state index in [0.717, 1.165) is 55.7 Å². The second-order valence-electron chi connectivity index (χ2n) is 6.63. The van der Waals surface area contributed by atoms with E-state index < -0.39 is 0 Å². The Balaban J connectivity index is 1.37. The molecule has 0 bridgehead atoms. The van der Waals surface area contributed by atoms with Crippen molar-refractivity contribution in [3.05, 3.63) is 29.3 Å². The summed E-state index contributed by atoms with van der Waals surface area (Å²) in [4.78, 5) is 15.9. The van der Waals surface area contributed by atoms with Gasteiger partial charge in [0.1, 0.15) is 0 Å². The molecule has 1 unspecified atom stereocenters. The molecule has 1 aliphatic heterocycles. The average Bonchev–Trinajstić information content (AvgIpc) is 3.39. The third-order valence-electron chi connectivity index (χ3n) is 4.63. The lowest BCUT2D eigenvalue weighted by atomic mass is 9.97. The predicted molar refractivity (Wildman–Crippen MR) is 97.1 cm³/mol. The molecule has 1 heterocycles. The van der Waals surface area contributed by atoms with Crippen molar-refractivity contribution in [2.75, 3.05) is 31.9 Å². The molecule has 126 valence electrons. The SMILES string of the molecule is O=C(NCC1CC1)C1CCCN(CCSc2ccc(Cl)cc2)C1. The number of hydrogen-bond donors (Lipinski definition) is 1. The van der Waals surface area contributed by atoms with Crippen molar-refractivity contribution in [2.45, 2.75) is 30.6 Å². The molecule has 1 aromatic carbocycles. The van der Waals surface area contributed by atoms with Gasteiger partial charge >= 0.3 is 0 Å². The zero-order valence-electron chi connectivity index (χ0n) is 13.5.